The zero-order chi connectivity index (χ0) is 11.4. The minimum Gasteiger partial charge on any atom is -0.308 e. The number of hydrogen-bond donors (Lipinski definition) is 1. The molecule has 1 heterocycles. The van der Waals surface area contributed by atoms with Crippen LogP contribution in [0.2, 0.25) is 0 Å². The maximum absolute atomic E-state index is 4.61. The van der Waals surface area contributed by atoms with Gasteiger partial charge in [0.05, 0.1) is 10.2 Å². The molecule has 1 aromatic carbocycles. The predicted octanol–water partition coefficient (Wildman–Crippen LogP) is 3.57. The SMILES string of the molecule is CCC(CC)NCc1nc2ccccc2s1. The molecular weight excluding hydrogens is 216 g/mol. The average Bonchev–Trinajstić information content (AvgIpc) is 2.73. The fourth-order valence-corrected chi connectivity index (χ4v) is 2.72. The molecule has 0 fully saturated rings. The molecule has 0 bridgehead atoms. The van der Waals surface area contributed by atoms with Crippen molar-refractivity contribution in [3.63, 3.8) is 0 Å². The summed E-state index contributed by atoms with van der Waals surface area (Å²) in [5, 5.41) is 4.73. The van der Waals surface area contributed by atoms with Crippen LogP contribution in [0.15, 0.2) is 24.3 Å². The second-order valence-corrected chi connectivity index (χ2v) is 5.08. The second kappa shape index (κ2) is 5.41. The molecule has 0 aliphatic carbocycles. The highest BCUT2D eigenvalue weighted by atomic mass is 32.1. The van der Waals surface area contributed by atoms with Crippen molar-refractivity contribution in [2.24, 2.45) is 0 Å². The van der Waals surface area contributed by atoms with E-state index in [1.54, 1.807) is 11.3 Å². The largest absolute Gasteiger partial charge is 0.308 e. The minimum atomic E-state index is 0.618. The van der Waals surface area contributed by atoms with Crippen molar-refractivity contribution in [1.29, 1.82) is 0 Å². The molecule has 2 aromatic rings. The predicted molar refractivity (Wildman–Crippen MR) is 70.8 cm³/mol. The van der Waals surface area contributed by atoms with Gasteiger partial charge >= 0.3 is 0 Å². The molecule has 86 valence electrons. The summed E-state index contributed by atoms with van der Waals surface area (Å²) in [6, 6.07) is 8.94. The van der Waals surface area contributed by atoms with Gasteiger partial charge in [0.1, 0.15) is 5.01 Å². The van der Waals surface area contributed by atoms with E-state index in [1.807, 2.05) is 6.07 Å². The topological polar surface area (TPSA) is 24.9 Å². The van der Waals surface area contributed by atoms with E-state index in [9.17, 15) is 0 Å². The molecule has 2 rings (SSSR count). The van der Waals surface area contributed by atoms with Crippen molar-refractivity contribution < 1.29 is 0 Å². The average molecular weight is 234 g/mol. The van der Waals surface area contributed by atoms with Crippen LogP contribution in [0.1, 0.15) is 31.7 Å². The fraction of sp³-hybridized carbons (Fsp3) is 0.462. The second-order valence-electron chi connectivity index (χ2n) is 3.97. The smallest absolute Gasteiger partial charge is 0.108 e. The zero-order valence-electron chi connectivity index (χ0n) is 9.86. The van der Waals surface area contributed by atoms with Crippen molar-refractivity contribution in [2.45, 2.75) is 39.3 Å². The number of benzene rings is 1. The number of para-hydroxylation sites is 1. The van der Waals surface area contributed by atoms with Crippen LogP contribution in [0.25, 0.3) is 10.2 Å². The Morgan fingerprint density at radius 3 is 2.69 bits per heavy atom. The van der Waals surface area contributed by atoms with E-state index in [0.29, 0.717) is 6.04 Å². The van der Waals surface area contributed by atoms with Gasteiger partial charge in [-0.2, -0.15) is 0 Å². The molecule has 0 atom stereocenters. The Balaban J connectivity index is 2.04. The van der Waals surface area contributed by atoms with E-state index in [-0.39, 0.29) is 0 Å². The van der Waals surface area contributed by atoms with Crippen LogP contribution in [-0.4, -0.2) is 11.0 Å². The number of rotatable bonds is 5. The third-order valence-corrected chi connectivity index (χ3v) is 3.90. The maximum atomic E-state index is 4.61. The first-order chi connectivity index (χ1) is 7.83. The Morgan fingerprint density at radius 2 is 2.00 bits per heavy atom. The van der Waals surface area contributed by atoms with Crippen molar-refractivity contribution >= 4 is 21.6 Å². The van der Waals surface area contributed by atoms with Crippen LogP contribution >= 0.6 is 11.3 Å². The minimum absolute atomic E-state index is 0.618. The lowest BCUT2D eigenvalue weighted by atomic mass is 10.2. The van der Waals surface area contributed by atoms with Crippen LogP contribution < -0.4 is 5.32 Å². The van der Waals surface area contributed by atoms with Gasteiger partial charge in [0, 0.05) is 12.6 Å². The molecule has 0 radical (unpaired) electrons. The number of thiazole rings is 1. The Kier molecular flexibility index (Phi) is 3.91. The molecule has 0 spiro atoms. The number of nitrogens with zero attached hydrogens (tertiary/aromatic N) is 1. The molecule has 0 aliphatic rings. The van der Waals surface area contributed by atoms with Gasteiger partial charge in [-0.3, -0.25) is 0 Å². The Hall–Kier alpha value is -0.930. The first-order valence-electron chi connectivity index (χ1n) is 5.91. The molecule has 3 heteroatoms. The van der Waals surface area contributed by atoms with Crippen molar-refractivity contribution in [3.05, 3.63) is 29.3 Å². The maximum Gasteiger partial charge on any atom is 0.108 e. The lowest BCUT2D eigenvalue weighted by molar-refractivity contribution is 0.484. The van der Waals surface area contributed by atoms with E-state index >= 15 is 0 Å². The van der Waals surface area contributed by atoms with Crippen LogP contribution in [-0.2, 0) is 6.54 Å². The third-order valence-electron chi connectivity index (χ3n) is 2.87. The summed E-state index contributed by atoms with van der Waals surface area (Å²) in [5.41, 5.74) is 1.12. The van der Waals surface area contributed by atoms with Gasteiger partial charge in [0.2, 0.25) is 0 Å². The normalized spacial score (nSPS) is 11.4. The number of nitrogens with one attached hydrogen (secondary N) is 1. The Morgan fingerprint density at radius 1 is 1.25 bits per heavy atom. The van der Waals surface area contributed by atoms with Crippen LogP contribution in [0.3, 0.4) is 0 Å². The Bertz CT molecular complexity index is 413. The highest BCUT2D eigenvalue weighted by Crippen LogP contribution is 2.21. The van der Waals surface area contributed by atoms with Gasteiger partial charge in [-0.15, -0.1) is 11.3 Å². The lowest BCUT2D eigenvalue weighted by Gasteiger charge is -2.12. The van der Waals surface area contributed by atoms with Crippen LogP contribution in [0, 0.1) is 0 Å². The number of aromatic nitrogens is 1. The van der Waals surface area contributed by atoms with Gasteiger partial charge in [-0.25, -0.2) is 4.98 Å². The fourth-order valence-electron chi connectivity index (χ4n) is 1.80. The first kappa shape index (κ1) is 11.6. The lowest BCUT2D eigenvalue weighted by Crippen LogP contribution is -2.26. The van der Waals surface area contributed by atoms with Gasteiger partial charge in [-0.1, -0.05) is 26.0 Å². The van der Waals surface area contributed by atoms with Crippen LogP contribution in [0.5, 0.6) is 0 Å². The standard InChI is InChI=1S/C13H18N2S/c1-3-10(4-2)14-9-13-15-11-7-5-6-8-12(11)16-13/h5-8,10,14H,3-4,9H2,1-2H3. The van der Waals surface area contributed by atoms with Gasteiger partial charge in [-0.05, 0) is 25.0 Å². The molecule has 0 aliphatic heterocycles. The van der Waals surface area contributed by atoms with E-state index in [0.717, 1.165) is 12.1 Å². The van der Waals surface area contributed by atoms with Gasteiger partial charge in [0.25, 0.3) is 0 Å². The summed E-state index contributed by atoms with van der Waals surface area (Å²) in [5.74, 6) is 0. The first-order valence-corrected chi connectivity index (χ1v) is 6.73. The third kappa shape index (κ3) is 2.60. The summed E-state index contributed by atoms with van der Waals surface area (Å²) in [4.78, 5) is 4.61. The quantitative estimate of drug-likeness (QED) is 0.855. The summed E-state index contributed by atoms with van der Waals surface area (Å²) in [6.45, 7) is 5.34. The summed E-state index contributed by atoms with van der Waals surface area (Å²) in [6.07, 6.45) is 2.36. The number of hydrogen-bond acceptors (Lipinski definition) is 3. The number of fused-ring (bicyclic) bond motifs is 1. The highest BCUT2D eigenvalue weighted by Gasteiger charge is 2.05. The van der Waals surface area contributed by atoms with Gasteiger partial charge in [0.15, 0.2) is 0 Å². The molecule has 0 unspecified atom stereocenters. The van der Waals surface area contributed by atoms with E-state index in [4.69, 9.17) is 0 Å². The van der Waals surface area contributed by atoms with Crippen molar-refractivity contribution in [1.82, 2.24) is 10.3 Å². The highest BCUT2D eigenvalue weighted by molar-refractivity contribution is 7.18. The molecular formula is C13H18N2S. The van der Waals surface area contributed by atoms with Crippen molar-refractivity contribution in [2.75, 3.05) is 0 Å². The monoisotopic (exact) mass is 234 g/mol. The molecule has 0 saturated carbocycles. The van der Waals surface area contributed by atoms with E-state index in [2.05, 4.69) is 42.3 Å². The molecule has 1 N–H and O–H groups in total. The molecule has 0 amide bonds. The molecule has 16 heavy (non-hydrogen) atoms. The summed E-state index contributed by atoms with van der Waals surface area (Å²) >= 11 is 1.79. The molecule has 1 aromatic heterocycles. The molecule has 0 saturated heterocycles. The van der Waals surface area contributed by atoms with Gasteiger partial charge < -0.3 is 5.32 Å². The zero-order valence-corrected chi connectivity index (χ0v) is 10.7. The molecule has 2 nitrogen and oxygen atoms in total. The summed E-state index contributed by atoms with van der Waals surface area (Å²) in [7, 11) is 0. The van der Waals surface area contributed by atoms with E-state index in [1.165, 1.54) is 22.5 Å². The summed E-state index contributed by atoms with van der Waals surface area (Å²) < 4.78 is 1.28. The van der Waals surface area contributed by atoms with E-state index < -0.39 is 0 Å². The Labute approximate surface area is 101 Å². The van der Waals surface area contributed by atoms with Crippen LogP contribution in [0.4, 0.5) is 0 Å². The van der Waals surface area contributed by atoms with Crippen molar-refractivity contribution in [3.8, 4) is 0 Å².